The summed E-state index contributed by atoms with van der Waals surface area (Å²) in [5.41, 5.74) is 7.70. The smallest absolute Gasteiger partial charge is 0.106 e. The molecule has 0 aromatic carbocycles. The maximum Gasteiger partial charge on any atom is 0.106 e. The van der Waals surface area contributed by atoms with E-state index in [0.29, 0.717) is 4.99 Å². The van der Waals surface area contributed by atoms with E-state index in [-0.39, 0.29) is 0 Å². The molecule has 0 radical (unpaired) electrons. The first kappa shape index (κ1) is 12.9. The fourth-order valence-corrected chi connectivity index (χ4v) is 1.91. The molecule has 0 fully saturated rings. The van der Waals surface area contributed by atoms with E-state index in [1.165, 1.54) is 0 Å². The van der Waals surface area contributed by atoms with E-state index in [4.69, 9.17) is 18.0 Å². The average Bonchev–Trinajstić information content (AvgIpc) is 2.29. The van der Waals surface area contributed by atoms with Gasteiger partial charge in [-0.3, -0.25) is 4.98 Å². The first-order chi connectivity index (χ1) is 7.70. The summed E-state index contributed by atoms with van der Waals surface area (Å²) in [5.74, 6) is 0. The van der Waals surface area contributed by atoms with E-state index in [1.54, 1.807) is 6.20 Å². The van der Waals surface area contributed by atoms with Crippen molar-refractivity contribution in [3.8, 4) is 0 Å². The van der Waals surface area contributed by atoms with E-state index in [9.17, 15) is 0 Å². The molecule has 88 valence electrons. The van der Waals surface area contributed by atoms with E-state index in [0.717, 1.165) is 37.2 Å². The van der Waals surface area contributed by atoms with Gasteiger partial charge >= 0.3 is 0 Å². The minimum Gasteiger partial charge on any atom is -0.389 e. The predicted molar refractivity (Wildman–Crippen MR) is 72.9 cm³/mol. The lowest BCUT2D eigenvalue weighted by atomic mass is 10.2. The van der Waals surface area contributed by atoms with Gasteiger partial charge in [-0.1, -0.05) is 26.1 Å². The van der Waals surface area contributed by atoms with Gasteiger partial charge in [-0.05, 0) is 18.9 Å². The van der Waals surface area contributed by atoms with Crippen molar-refractivity contribution in [2.24, 2.45) is 5.73 Å². The maximum atomic E-state index is 5.72. The SMILES string of the molecule is CCCN(CCC)c1cnccc1C(N)=S. The molecule has 2 N–H and O–H groups in total. The van der Waals surface area contributed by atoms with Gasteiger partial charge in [0.1, 0.15) is 4.99 Å². The van der Waals surface area contributed by atoms with Crippen LogP contribution in [0.15, 0.2) is 18.5 Å². The summed E-state index contributed by atoms with van der Waals surface area (Å²) in [6.45, 7) is 6.35. The lowest BCUT2D eigenvalue weighted by molar-refractivity contribution is 0.743. The largest absolute Gasteiger partial charge is 0.389 e. The highest BCUT2D eigenvalue weighted by atomic mass is 32.1. The molecule has 1 rings (SSSR count). The summed E-state index contributed by atoms with van der Waals surface area (Å²) in [4.78, 5) is 6.89. The van der Waals surface area contributed by atoms with Gasteiger partial charge in [0.25, 0.3) is 0 Å². The zero-order valence-corrected chi connectivity index (χ0v) is 10.8. The van der Waals surface area contributed by atoms with Crippen molar-refractivity contribution in [1.82, 2.24) is 4.98 Å². The Labute approximate surface area is 103 Å². The zero-order chi connectivity index (χ0) is 12.0. The van der Waals surface area contributed by atoms with E-state index >= 15 is 0 Å². The summed E-state index contributed by atoms with van der Waals surface area (Å²) < 4.78 is 0. The van der Waals surface area contributed by atoms with Crippen LogP contribution in [-0.2, 0) is 0 Å². The Balaban J connectivity index is 3.02. The Bertz CT molecular complexity index is 346. The van der Waals surface area contributed by atoms with Crippen LogP contribution in [0.4, 0.5) is 5.69 Å². The molecule has 3 nitrogen and oxygen atoms in total. The molecule has 0 aliphatic carbocycles. The highest BCUT2D eigenvalue weighted by molar-refractivity contribution is 7.80. The average molecular weight is 237 g/mol. The highest BCUT2D eigenvalue weighted by Gasteiger charge is 2.11. The molecular weight excluding hydrogens is 218 g/mol. The minimum absolute atomic E-state index is 0.439. The molecule has 0 amide bonds. The third-order valence-corrected chi connectivity index (χ3v) is 2.61. The van der Waals surface area contributed by atoms with Crippen molar-refractivity contribution in [2.45, 2.75) is 26.7 Å². The standard InChI is InChI=1S/C12H19N3S/c1-3-7-15(8-4-2)11-9-14-6-5-10(11)12(13)16/h5-6,9H,3-4,7-8H2,1-2H3,(H2,13,16). The molecule has 0 aliphatic rings. The van der Waals surface area contributed by atoms with Gasteiger partial charge in [0.15, 0.2) is 0 Å². The van der Waals surface area contributed by atoms with Crippen molar-refractivity contribution in [3.05, 3.63) is 24.0 Å². The molecule has 1 heterocycles. The molecule has 16 heavy (non-hydrogen) atoms. The number of thiocarbonyl (C=S) groups is 1. The number of aromatic nitrogens is 1. The van der Waals surface area contributed by atoms with Gasteiger partial charge in [-0.2, -0.15) is 0 Å². The predicted octanol–water partition coefficient (Wildman–Crippen LogP) is 2.34. The number of hydrogen-bond donors (Lipinski definition) is 1. The highest BCUT2D eigenvalue weighted by Crippen LogP contribution is 2.19. The van der Waals surface area contributed by atoms with Gasteiger partial charge in [0, 0.05) is 24.8 Å². The van der Waals surface area contributed by atoms with E-state index in [2.05, 4.69) is 23.7 Å². The summed E-state index contributed by atoms with van der Waals surface area (Å²) >= 11 is 5.06. The molecule has 1 aromatic heterocycles. The van der Waals surface area contributed by atoms with Gasteiger partial charge in [-0.15, -0.1) is 0 Å². The Morgan fingerprint density at radius 3 is 2.50 bits per heavy atom. The molecule has 0 saturated heterocycles. The fraction of sp³-hybridized carbons (Fsp3) is 0.500. The van der Waals surface area contributed by atoms with Crippen LogP contribution in [0.2, 0.25) is 0 Å². The zero-order valence-electron chi connectivity index (χ0n) is 9.94. The Morgan fingerprint density at radius 2 is 2.00 bits per heavy atom. The number of nitrogens with zero attached hydrogens (tertiary/aromatic N) is 2. The normalized spacial score (nSPS) is 10.1. The molecule has 1 aromatic rings. The molecule has 0 aliphatic heterocycles. The Kier molecular flexibility index (Phi) is 5.19. The van der Waals surface area contributed by atoms with Gasteiger partial charge in [0.2, 0.25) is 0 Å². The molecule has 0 unspecified atom stereocenters. The first-order valence-electron chi connectivity index (χ1n) is 5.69. The molecule has 0 spiro atoms. The Hall–Kier alpha value is -1.16. The van der Waals surface area contributed by atoms with Crippen LogP contribution in [0.3, 0.4) is 0 Å². The van der Waals surface area contributed by atoms with Crippen LogP contribution in [0.5, 0.6) is 0 Å². The number of anilines is 1. The van der Waals surface area contributed by atoms with Crippen molar-refractivity contribution in [3.63, 3.8) is 0 Å². The molecule has 4 heteroatoms. The second-order valence-electron chi connectivity index (χ2n) is 3.74. The minimum atomic E-state index is 0.439. The van der Waals surface area contributed by atoms with Crippen LogP contribution >= 0.6 is 12.2 Å². The second kappa shape index (κ2) is 6.43. The Morgan fingerprint density at radius 1 is 1.38 bits per heavy atom. The lowest BCUT2D eigenvalue weighted by Crippen LogP contribution is -2.27. The second-order valence-corrected chi connectivity index (χ2v) is 4.18. The lowest BCUT2D eigenvalue weighted by Gasteiger charge is -2.25. The van der Waals surface area contributed by atoms with Crippen molar-refractivity contribution in [1.29, 1.82) is 0 Å². The summed E-state index contributed by atoms with van der Waals surface area (Å²) in [6.07, 6.45) is 5.78. The maximum absolute atomic E-state index is 5.72. The summed E-state index contributed by atoms with van der Waals surface area (Å²) in [6, 6.07) is 1.88. The molecule has 0 bridgehead atoms. The van der Waals surface area contributed by atoms with Gasteiger partial charge in [0.05, 0.1) is 11.9 Å². The van der Waals surface area contributed by atoms with Crippen LogP contribution in [0, 0.1) is 0 Å². The van der Waals surface area contributed by atoms with Crippen molar-refractivity contribution < 1.29 is 0 Å². The van der Waals surface area contributed by atoms with Gasteiger partial charge in [-0.25, -0.2) is 0 Å². The van der Waals surface area contributed by atoms with Crippen molar-refractivity contribution >= 4 is 22.9 Å². The third kappa shape index (κ3) is 3.17. The van der Waals surface area contributed by atoms with Gasteiger partial charge < -0.3 is 10.6 Å². The summed E-state index contributed by atoms with van der Waals surface area (Å²) in [5, 5.41) is 0. The third-order valence-electron chi connectivity index (χ3n) is 2.39. The van der Waals surface area contributed by atoms with Crippen LogP contribution < -0.4 is 10.6 Å². The molecule has 0 atom stereocenters. The quantitative estimate of drug-likeness (QED) is 0.771. The van der Waals surface area contributed by atoms with E-state index < -0.39 is 0 Å². The molecule has 0 saturated carbocycles. The number of hydrogen-bond acceptors (Lipinski definition) is 3. The fourth-order valence-electron chi connectivity index (χ4n) is 1.74. The van der Waals surface area contributed by atoms with Crippen LogP contribution in [0.25, 0.3) is 0 Å². The topological polar surface area (TPSA) is 42.2 Å². The number of nitrogens with two attached hydrogens (primary N) is 1. The van der Waals surface area contributed by atoms with Crippen LogP contribution in [-0.4, -0.2) is 23.1 Å². The monoisotopic (exact) mass is 237 g/mol. The number of pyridine rings is 1. The first-order valence-corrected chi connectivity index (χ1v) is 6.10. The van der Waals surface area contributed by atoms with Crippen LogP contribution in [0.1, 0.15) is 32.3 Å². The van der Waals surface area contributed by atoms with Crippen molar-refractivity contribution in [2.75, 3.05) is 18.0 Å². The molecular formula is C12H19N3S. The number of rotatable bonds is 6. The summed E-state index contributed by atoms with van der Waals surface area (Å²) in [7, 11) is 0. The van der Waals surface area contributed by atoms with E-state index in [1.807, 2.05) is 12.3 Å².